The fourth-order valence-electron chi connectivity index (χ4n) is 8.69. The van der Waals surface area contributed by atoms with Gasteiger partial charge in [-0.2, -0.15) is 0 Å². The van der Waals surface area contributed by atoms with Crippen LogP contribution in [-0.4, -0.2) is 182 Å². The summed E-state index contributed by atoms with van der Waals surface area (Å²) in [5.74, 6) is 2.26. The molecule has 0 radical (unpaired) electrons. The van der Waals surface area contributed by atoms with Gasteiger partial charge in [0, 0.05) is 108 Å². The van der Waals surface area contributed by atoms with Gasteiger partial charge in [0.25, 0.3) is 0 Å². The van der Waals surface area contributed by atoms with E-state index in [1.807, 2.05) is 7.05 Å². The van der Waals surface area contributed by atoms with Gasteiger partial charge in [0.05, 0.1) is 11.6 Å². The molecule has 0 aromatic carbocycles. The molecule has 0 amide bonds. The minimum Gasteiger partial charge on any atom is -0.386 e. The van der Waals surface area contributed by atoms with Crippen molar-refractivity contribution in [2.75, 3.05) is 99.2 Å². The van der Waals surface area contributed by atoms with E-state index in [4.69, 9.17) is 11.5 Å². The Morgan fingerprint density at radius 3 is 1.13 bits per heavy atom. The number of hydrogen-bond acceptors (Lipinski definition) is 11. The first-order valence-electron chi connectivity index (χ1n) is 24.3. The van der Waals surface area contributed by atoms with Gasteiger partial charge < -0.3 is 51.5 Å². The van der Waals surface area contributed by atoms with Crippen molar-refractivity contribution in [2.45, 2.75) is 205 Å². The second kappa shape index (κ2) is 35.6. The summed E-state index contributed by atoms with van der Waals surface area (Å²) in [5.41, 5.74) is 11.2. The molecule has 0 saturated carbocycles. The van der Waals surface area contributed by atoms with Gasteiger partial charge in [-0.05, 0) is 166 Å². The Bertz CT molecular complexity index is 1010. The maximum atomic E-state index is 5.68. The Labute approximate surface area is 390 Å². The van der Waals surface area contributed by atoms with Gasteiger partial charge >= 0.3 is 0 Å². The van der Waals surface area contributed by atoms with E-state index < -0.39 is 0 Å². The van der Waals surface area contributed by atoms with E-state index in [1.54, 1.807) is 0 Å². The van der Waals surface area contributed by atoms with Crippen molar-refractivity contribution < 1.29 is 0 Å². The summed E-state index contributed by atoms with van der Waals surface area (Å²) in [7, 11) is 4.10. The van der Waals surface area contributed by atoms with Crippen molar-refractivity contribution >= 4 is 0 Å². The van der Waals surface area contributed by atoms with Crippen LogP contribution in [-0.2, 0) is 0 Å². The Morgan fingerprint density at radius 1 is 0.532 bits per heavy atom. The summed E-state index contributed by atoms with van der Waals surface area (Å²) in [5, 5.41) is 6.53. The van der Waals surface area contributed by atoms with Crippen LogP contribution in [0, 0.1) is 5.92 Å². The minimum absolute atomic E-state index is 0. The molecule has 5 aliphatic heterocycles. The zero-order valence-electron chi connectivity index (χ0n) is 41.7. The van der Waals surface area contributed by atoms with Gasteiger partial charge in [0.2, 0.25) is 0 Å². The highest BCUT2D eigenvalue weighted by Crippen LogP contribution is 2.19. The highest BCUT2D eigenvalue weighted by Gasteiger charge is 2.24. The Hall–Kier alpha value is -1.60. The van der Waals surface area contributed by atoms with Crippen LogP contribution in [0.15, 0.2) is 24.8 Å². The predicted octanol–water partition coefficient (Wildman–Crippen LogP) is 8.25. The smallest absolute Gasteiger partial charge is 0.0912 e. The first-order valence-corrected chi connectivity index (χ1v) is 24.3. The molecule has 0 aromatic heterocycles. The lowest BCUT2D eigenvalue weighted by Crippen LogP contribution is -2.48. The van der Waals surface area contributed by atoms with E-state index in [0.717, 1.165) is 30.1 Å². The number of nitrogens with two attached hydrogens (primary N) is 2. The Balaban J connectivity index is -0.000000697. The van der Waals surface area contributed by atoms with Crippen LogP contribution in [0.5, 0.6) is 0 Å². The summed E-state index contributed by atoms with van der Waals surface area (Å²) in [6.45, 7) is 50.8. The molecule has 5 fully saturated rings. The first-order chi connectivity index (χ1) is 27.8. The van der Waals surface area contributed by atoms with Gasteiger partial charge in [0.1, 0.15) is 0 Å². The molecule has 62 heavy (non-hydrogen) atoms. The monoisotopic (exact) mass is 882 g/mol. The summed E-state index contributed by atoms with van der Waals surface area (Å²) in [4.78, 5) is 17.3. The summed E-state index contributed by atoms with van der Waals surface area (Å²) >= 11 is 0. The molecule has 11 heteroatoms. The van der Waals surface area contributed by atoms with Crippen molar-refractivity contribution in [1.82, 2.24) is 44.9 Å². The molecule has 0 aromatic rings. The lowest BCUT2D eigenvalue weighted by molar-refractivity contribution is 0.112. The molecule has 5 heterocycles. The number of piperazine rings is 1. The largest absolute Gasteiger partial charge is 0.386 e. The molecular weight excluding hydrogens is 767 g/mol. The molecule has 0 unspecified atom stereocenters. The number of nitrogens with one attached hydrogen (secondary N) is 2. The predicted molar refractivity (Wildman–Crippen MR) is 280 cm³/mol. The van der Waals surface area contributed by atoms with Crippen molar-refractivity contribution in [2.24, 2.45) is 17.4 Å². The summed E-state index contributed by atoms with van der Waals surface area (Å²) < 4.78 is 0. The van der Waals surface area contributed by atoms with Crippen molar-refractivity contribution in [3.8, 4) is 0 Å². The average molecular weight is 883 g/mol. The zero-order chi connectivity index (χ0) is 44.7. The molecule has 0 atom stereocenters. The first kappa shape index (κ1) is 64.7. The second-order valence-electron chi connectivity index (χ2n) is 19.6. The molecule has 11 nitrogen and oxygen atoms in total. The fraction of sp³-hybridized carbons (Fsp3) is 0.922. The Kier molecular flexibility index (Phi) is 37.2. The zero-order valence-corrected chi connectivity index (χ0v) is 41.7. The van der Waals surface area contributed by atoms with Crippen LogP contribution in [0.4, 0.5) is 0 Å². The maximum Gasteiger partial charge on any atom is 0.0912 e. The Morgan fingerprint density at radius 2 is 0.839 bits per heavy atom. The third kappa shape index (κ3) is 27.0. The third-order valence-corrected chi connectivity index (χ3v) is 13.7. The molecule has 6 N–H and O–H groups in total. The topological polar surface area (TPSA) is 98.8 Å². The molecule has 5 aliphatic rings. The normalized spacial score (nSPS) is 20.8. The number of nitrogens with zero attached hydrogens (tertiary/aromatic N) is 7. The van der Waals surface area contributed by atoms with E-state index >= 15 is 0 Å². The van der Waals surface area contributed by atoms with E-state index in [9.17, 15) is 0 Å². The van der Waals surface area contributed by atoms with E-state index in [1.165, 1.54) is 136 Å². The molecule has 0 aliphatic carbocycles. The third-order valence-electron chi connectivity index (χ3n) is 13.7. The van der Waals surface area contributed by atoms with Crippen LogP contribution in [0.2, 0.25) is 0 Å². The van der Waals surface area contributed by atoms with Crippen molar-refractivity contribution in [3.63, 3.8) is 0 Å². The van der Waals surface area contributed by atoms with Gasteiger partial charge in [-0.1, -0.05) is 49.3 Å². The van der Waals surface area contributed by atoms with Crippen molar-refractivity contribution in [1.29, 1.82) is 0 Å². The fourth-order valence-corrected chi connectivity index (χ4v) is 8.69. The van der Waals surface area contributed by atoms with Crippen LogP contribution < -0.4 is 22.1 Å². The number of piperidine rings is 4. The lowest BCUT2D eigenvalue weighted by Gasteiger charge is -2.39. The molecule has 5 rings (SSSR count). The van der Waals surface area contributed by atoms with Gasteiger partial charge in [-0.15, -0.1) is 0 Å². The van der Waals surface area contributed by atoms with Crippen LogP contribution in [0.3, 0.4) is 0 Å². The van der Waals surface area contributed by atoms with Crippen LogP contribution in [0.25, 0.3) is 0 Å². The maximum absolute atomic E-state index is 5.68. The van der Waals surface area contributed by atoms with E-state index in [2.05, 4.69) is 148 Å². The minimum atomic E-state index is 0. The number of rotatable bonds is 11. The van der Waals surface area contributed by atoms with Gasteiger partial charge in [-0.3, -0.25) is 4.90 Å². The van der Waals surface area contributed by atoms with Gasteiger partial charge in [-0.25, -0.2) is 0 Å². The highest BCUT2D eigenvalue weighted by molar-refractivity contribution is 4.92. The van der Waals surface area contributed by atoms with E-state index in [0.29, 0.717) is 35.8 Å². The molecular formula is C51H115N11. The highest BCUT2D eigenvalue weighted by atomic mass is 15.3. The SMILES string of the molecule is C.C.C.C=C(N)N(C)C1CCN(C(C)C)CC1.C=C(N)NC1CCN(C(C)C)CC1.CC1CCN(C(C)C)CC1.CCN1CCN(C(C)C)CC1.CNC1CCN(C(C)C)CC1. The van der Waals surface area contributed by atoms with E-state index in [-0.39, 0.29) is 22.3 Å². The number of hydrogen-bond donors (Lipinski definition) is 4. The average Bonchev–Trinajstić information content (AvgIpc) is 3.21. The molecule has 5 saturated heterocycles. The van der Waals surface area contributed by atoms with Crippen molar-refractivity contribution in [3.05, 3.63) is 24.8 Å². The quantitative estimate of drug-likeness (QED) is 0.162. The molecule has 0 spiro atoms. The summed E-state index contributed by atoms with van der Waals surface area (Å²) in [6.07, 6.45) is 10.2. The lowest BCUT2D eigenvalue weighted by atomic mass is 9.98. The summed E-state index contributed by atoms with van der Waals surface area (Å²) in [6, 6.07) is 5.44. The van der Waals surface area contributed by atoms with Crippen LogP contribution in [0.1, 0.15) is 157 Å². The second-order valence-corrected chi connectivity index (χ2v) is 19.6. The standard InChI is InChI=1S/C11H23N3.C10H21N3.2C9H20N2.C9H19N.3CH4/c1-9(2)14-7-5-11(6-8-14)13(4)10(3)12;1-8(2)13-6-4-10(5-7-13)12-9(3)11;1-8(2)11-6-4-9(10-3)5-7-11;1-4-10-5-7-11(8-6-10)9(2)3;1-8(2)10-6-4-9(3)5-7-10;;;/h9,11H,3,5-8,12H2,1-2,4H3;8,10,12H,3-7,11H2,1-2H3;8-10H,4-7H2,1-3H3;9H,4-8H2,1-3H3;8-9H,4-7H2,1-3H3;3*1H4. The number of likely N-dealkylation sites (N-methyl/N-ethyl adjacent to an activating group) is 1. The van der Waals surface area contributed by atoms with Crippen LogP contribution >= 0.6 is 0 Å². The molecule has 0 bridgehead atoms. The number of likely N-dealkylation sites (tertiary alicyclic amines) is 4. The van der Waals surface area contributed by atoms with Gasteiger partial charge in [0.15, 0.2) is 0 Å². The molecule has 374 valence electrons.